The van der Waals surface area contributed by atoms with Crippen molar-refractivity contribution in [2.24, 2.45) is 0 Å². The Morgan fingerprint density at radius 3 is 2.85 bits per heavy atom. The van der Waals surface area contributed by atoms with E-state index in [1.165, 1.54) is 5.69 Å². The van der Waals surface area contributed by atoms with Crippen LogP contribution in [0.15, 0.2) is 28.7 Å². The SMILES string of the molecule is CN1CCC(C)(C)N(c2cccc(Br)c2)C(CC#N)C1. The molecule has 2 rings (SSSR count). The third-order valence-electron chi connectivity index (χ3n) is 4.06. The van der Waals surface area contributed by atoms with Gasteiger partial charge in [0.15, 0.2) is 0 Å². The quantitative estimate of drug-likeness (QED) is 0.826. The van der Waals surface area contributed by atoms with Crippen LogP contribution in [0.25, 0.3) is 0 Å². The Morgan fingerprint density at radius 2 is 2.20 bits per heavy atom. The highest BCUT2D eigenvalue weighted by atomic mass is 79.9. The van der Waals surface area contributed by atoms with Gasteiger partial charge in [-0.3, -0.25) is 0 Å². The molecule has 0 N–H and O–H groups in total. The van der Waals surface area contributed by atoms with E-state index in [9.17, 15) is 5.26 Å². The Morgan fingerprint density at radius 1 is 1.45 bits per heavy atom. The predicted molar refractivity (Wildman–Crippen MR) is 86.8 cm³/mol. The second-order valence-electron chi connectivity index (χ2n) is 6.19. The predicted octanol–water partition coefficient (Wildman–Crippen LogP) is 3.65. The molecule has 1 atom stereocenters. The van der Waals surface area contributed by atoms with Gasteiger partial charge in [0.2, 0.25) is 0 Å². The Kier molecular flexibility index (Phi) is 4.72. The van der Waals surface area contributed by atoms with Crippen molar-refractivity contribution in [3.05, 3.63) is 28.7 Å². The van der Waals surface area contributed by atoms with E-state index in [4.69, 9.17) is 0 Å². The van der Waals surface area contributed by atoms with Crippen LogP contribution in [0.4, 0.5) is 5.69 Å². The standard InChI is InChI=1S/C16H22BrN3/c1-16(2)8-10-19(3)12-15(7-9-18)20(16)14-6-4-5-13(17)11-14/h4-6,11,15H,7-8,10,12H2,1-3H3. The van der Waals surface area contributed by atoms with Gasteiger partial charge in [-0.1, -0.05) is 22.0 Å². The second kappa shape index (κ2) is 6.15. The van der Waals surface area contributed by atoms with E-state index in [0.717, 1.165) is 24.0 Å². The second-order valence-corrected chi connectivity index (χ2v) is 7.11. The van der Waals surface area contributed by atoms with Gasteiger partial charge in [-0.25, -0.2) is 0 Å². The molecule has 0 aromatic heterocycles. The van der Waals surface area contributed by atoms with E-state index in [-0.39, 0.29) is 11.6 Å². The molecule has 0 radical (unpaired) electrons. The summed E-state index contributed by atoms with van der Waals surface area (Å²) >= 11 is 3.55. The van der Waals surface area contributed by atoms with Gasteiger partial charge in [0.25, 0.3) is 0 Å². The smallest absolute Gasteiger partial charge is 0.0643 e. The zero-order valence-corrected chi connectivity index (χ0v) is 14.0. The van der Waals surface area contributed by atoms with E-state index in [1.807, 2.05) is 6.07 Å². The average molecular weight is 336 g/mol. The molecule has 4 heteroatoms. The highest BCUT2D eigenvalue weighted by Gasteiger charge is 2.36. The Balaban J connectivity index is 2.43. The van der Waals surface area contributed by atoms with Crippen molar-refractivity contribution in [2.75, 3.05) is 25.0 Å². The van der Waals surface area contributed by atoms with Gasteiger partial charge in [-0.05, 0) is 45.5 Å². The van der Waals surface area contributed by atoms with Crippen LogP contribution in [0.2, 0.25) is 0 Å². The average Bonchev–Trinajstić information content (AvgIpc) is 2.47. The minimum atomic E-state index is 0.0487. The molecule has 1 fully saturated rings. The minimum Gasteiger partial charge on any atom is -0.361 e. The maximum atomic E-state index is 9.18. The lowest BCUT2D eigenvalue weighted by Crippen LogP contribution is -2.50. The molecule has 0 saturated carbocycles. The van der Waals surface area contributed by atoms with Gasteiger partial charge in [-0.15, -0.1) is 0 Å². The summed E-state index contributed by atoms with van der Waals surface area (Å²) in [7, 11) is 2.14. The fourth-order valence-corrected chi connectivity index (χ4v) is 3.45. The van der Waals surface area contributed by atoms with Crippen molar-refractivity contribution in [3.8, 4) is 6.07 Å². The minimum absolute atomic E-state index is 0.0487. The molecule has 0 aliphatic carbocycles. The summed E-state index contributed by atoms with van der Waals surface area (Å²) in [6.45, 7) is 6.55. The van der Waals surface area contributed by atoms with Crippen molar-refractivity contribution < 1.29 is 0 Å². The van der Waals surface area contributed by atoms with Crippen LogP contribution in [-0.4, -0.2) is 36.6 Å². The lowest BCUT2D eigenvalue weighted by atomic mass is 9.95. The number of nitriles is 1. The fourth-order valence-electron chi connectivity index (χ4n) is 3.06. The topological polar surface area (TPSA) is 30.3 Å². The maximum absolute atomic E-state index is 9.18. The number of hydrogen-bond donors (Lipinski definition) is 0. The Hall–Kier alpha value is -1.05. The summed E-state index contributed by atoms with van der Waals surface area (Å²) < 4.78 is 1.08. The third-order valence-corrected chi connectivity index (χ3v) is 4.55. The van der Waals surface area contributed by atoms with Crippen molar-refractivity contribution in [2.45, 2.75) is 38.3 Å². The van der Waals surface area contributed by atoms with E-state index in [1.54, 1.807) is 0 Å². The van der Waals surface area contributed by atoms with Gasteiger partial charge in [0, 0.05) is 28.8 Å². The lowest BCUT2D eigenvalue weighted by molar-refractivity contribution is 0.329. The van der Waals surface area contributed by atoms with Crippen LogP contribution < -0.4 is 4.90 Å². The number of likely N-dealkylation sites (N-methyl/N-ethyl adjacent to an activating group) is 1. The van der Waals surface area contributed by atoms with Crippen LogP contribution in [0, 0.1) is 11.3 Å². The van der Waals surface area contributed by atoms with Crippen molar-refractivity contribution in [3.63, 3.8) is 0 Å². The number of hydrogen-bond acceptors (Lipinski definition) is 3. The van der Waals surface area contributed by atoms with E-state index in [0.29, 0.717) is 6.42 Å². The molecule has 0 amide bonds. The van der Waals surface area contributed by atoms with Crippen molar-refractivity contribution in [1.29, 1.82) is 5.26 Å². The number of benzene rings is 1. The fraction of sp³-hybridized carbons (Fsp3) is 0.562. The summed E-state index contributed by atoms with van der Waals surface area (Å²) in [4.78, 5) is 4.77. The largest absolute Gasteiger partial charge is 0.361 e. The zero-order valence-electron chi connectivity index (χ0n) is 12.4. The molecule has 1 unspecified atom stereocenters. The number of nitrogens with zero attached hydrogens (tertiary/aromatic N) is 3. The van der Waals surface area contributed by atoms with Crippen LogP contribution >= 0.6 is 15.9 Å². The summed E-state index contributed by atoms with van der Waals surface area (Å²) in [5.74, 6) is 0. The molecule has 1 aromatic rings. The lowest BCUT2D eigenvalue weighted by Gasteiger charge is -2.43. The molecule has 1 aliphatic rings. The van der Waals surface area contributed by atoms with Crippen LogP contribution in [0.5, 0.6) is 0 Å². The summed E-state index contributed by atoms with van der Waals surface area (Å²) in [5, 5.41) is 9.18. The third kappa shape index (κ3) is 3.34. The van der Waals surface area contributed by atoms with Gasteiger partial charge in [0.05, 0.1) is 18.5 Å². The number of anilines is 1. The molecule has 0 spiro atoms. The Bertz CT molecular complexity index is 507. The van der Waals surface area contributed by atoms with Crippen LogP contribution in [-0.2, 0) is 0 Å². The van der Waals surface area contributed by atoms with E-state index >= 15 is 0 Å². The molecule has 1 aromatic carbocycles. The maximum Gasteiger partial charge on any atom is 0.0643 e. The molecule has 1 aliphatic heterocycles. The molecule has 1 heterocycles. The first-order chi connectivity index (χ1) is 9.44. The summed E-state index contributed by atoms with van der Waals surface area (Å²) in [6.07, 6.45) is 1.65. The normalized spacial score (nSPS) is 23.1. The Labute approximate surface area is 130 Å². The van der Waals surface area contributed by atoms with Crippen molar-refractivity contribution in [1.82, 2.24) is 4.90 Å². The molecular weight excluding hydrogens is 314 g/mol. The van der Waals surface area contributed by atoms with E-state index in [2.05, 4.69) is 70.9 Å². The van der Waals surface area contributed by atoms with Gasteiger partial charge in [0.1, 0.15) is 0 Å². The summed E-state index contributed by atoms with van der Waals surface area (Å²) in [6, 6.07) is 11.0. The highest BCUT2D eigenvalue weighted by Crippen LogP contribution is 2.34. The molecule has 1 saturated heterocycles. The summed E-state index contributed by atoms with van der Waals surface area (Å²) in [5.41, 5.74) is 1.24. The zero-order chi connectivity index (χ0) is 14.8. The molecule has 108 valence electrons. The first kappa shape index (κ1) is 15.3. The van der Waals surface area contributed by atoms with Crippen molar-refractivity contribution >= 4 is 21.6 Å². The molecular formula is C16H22BrN3. The van der Waals surface area contributed by atoms with Crippen LogP contribution in [0.3, 0.4) is 0 Å². The van der Waals surface area contributed by atoms with E-state index < -0.39 is 0 Å². The van der Waals surface area contributed by atoms with Gasteiger partial charge < -0.3 is 9.80 Å². The van der Waals surface area contributed by atoms with Gasteiger partial charge >= 0.3 is 0 Å². The van der Waals surface area contributed by atoms with Gasteiger partial charge in [-0.2, -0.15) is 5.26 Å². The number of halogens is 1. The first-order valence-electron chi connectivity index (χ1n) is 7.04. The van der Waals surface area contributed by atoms with Crippen LogP contribution in [0.1, 0.15) is 26.7 Å². The molecule has 3 nitrogen and oxygen atoms in total. The first-order valence-corrected chi connectivity index (χ1v) is 7.84. The highest BCUT2D eigenvalue weighted by molar-refractivity contribution is 9.10. The monoisotopic (exact) mass is 335 g/mol. The molecule has 20 heavy (non-hydrogen) atoms. The molecule has 0 bridgehead atoms. The number of rotatable bonds is 2.